The molecule has 0 atom stereocenters. The van der Waals surface area contributed by atoms with Gasteiger partial charge in [-0.25, -0.2) is 4.79 Å². The maximum absolute atomic E-state index is 11.9. The lowest BCUT2D eigenvalue weighted by Crippen LogP contribution is -2.10. The fourth-order valence-corrected chi connectivity index (χ4v) is 3.19. The van der Waals surface area contributed by atoms with Gasteiger partial charge in [0.1, 0.15) is 11.3 Å². The van der Waals surface area contributed by atoms with Gasteiger partial charge in [0.2, 0.25) is 0 Å². The Kier molecular flexibility index (Phi) is 13.1. The van der Waals surface area contributed by atoms with Gasteiger partial charge in [-0.1, -0.05) is 96.1 Å². The van der Waals surface area contributed by atoms with Crippen molar-refractivity contribution < 1.29 is 19.4 Å². The predicted molar refractivity (Wildman–Crippen MR) is 109 cm³/mol. The van der Waals surface area contributed by atoms with Crippen molar-refractivity contribution in [3.05, 3.63) is 29.8 Å². The van der Waals surface area contributed by atoms with E-state index in [0.717, 1.165) is 19.3 Å². The largest absolute Gasteiger partial charge is 0.478 e. The topological polar surface area (TPSA) is 63.6 Å². The third kappa shape index (κ3) is 11.5. The number of hydrogen-bond acceptors (Lipinski definition) is 3. The SMILES string of the molecule is CCCCCCCCCCCCCCCC(=O)Oc1ccccc1C(=O)O. The summed E-state index contributed by atoms with van der Waals surface area (Å²) in [6.45, 7) is 2.25. The van der Waals surface area contributed by atoms with Crippen LogP contribution in [0.2, 0.25) is 0 Å². The number of carbonyl (C=O) groups is 2. The second kappa shape index (κ2) is 15.2. The normalized spacial score (nSPS) is 10.7. The van der Waals surface area contributed by atoms with Crippen LogP contribution in [0.15, 0.2) is 24.3 Å². The standard InChI is InChI=1S/C23H36O4/c1-2-3-4-5-6-7-8-9-10-11-12-13-14-19-22(24)27-21-18-16-15-17-20(21)23(25)26/h15-18H,2-14,19H2,1H3,(H,25,26). The number of carbonyl (C=O) groups excluding carboxylic acids is 1. The third-order valence-corrected chi connectivity index (χ3v) is 4.83. The molecule has 0 spiro atoms. The molecule has 0 radical (unpaired) electrons. The zero-order valence-corrected chi connectivity index (χ0v) is 16.9. The molecule has 1 aromatic carbocycles. The van der Waals surface area contributed by atoms with Gasteiger partial charge in [0.25, 0.3) is 0 Å². The van der Waals surface area contributed by atoms with Crippen molar-refractivity contribution in [1.29, 1.82) is 0 Å². The van der Waals surface area contributed by atoms with Crippen LogP contribution in [-0.4, -0.2) is 17.0 Å². The van der Waals surface area contributed by atoms with Crippen molar-refractivity contribution in [2.75, 3.05) is 0 Å². The van der Waals surface area contributed by atoms with E-state index in [0.29, 0.717) is 6.42 Å². The van der Waals surface area contributed by atoms with E-state index in [2.05, 4.69) is 6.92 Å². The van der Waals surface area contributed by atoms with E-state index in [9.17, 15) is 9.59 Å². The van der Waals surface area contributed by atoms with E-state index < -0.39 is 5.97 Å². The van der Waals surface area contributed by atoms with Gasteiger partial charge < -0.3 is 9.84 Å². The Morgan fingerprint density at radius 1 is 0.778 bits per heavy atom. The van der Waals surface area contributed by atoms with Gasteiger partial charge in [0.05, 0.1) is 0 Å². The number of hydrogen-bond donors (Lipinski definition) is 1. The van der Waals surface area contributed by atoms with Gasteiger partial charge in [-0.05, 0) is 18.6 Å². The van der Waals surface area contributed by atoms with Crippen LogP contribution in [0.3, 0.4) is 0 Å². The summed E-state index contributed by atoms with van der Waals surface area (Å²) in [6.07, 6.45) is 16.7. The third-order valence-electron chi connectivity index (χ3n) is 4.83. The Labute approximate surface area is 164 Å². The van der Waals surface area contributed by atoms with Crippen LogP contribution in [0, 0.1) is 0 Å². The first-order valence-electron chi connectivity index (χ1n) is 10.7. The molecular formula is C23H36O4. The van der Waals surface area contributed by atoms with Crippen LogP contribution >= 0.6 is 0 Å². The van der Waals surface area contributed by atoms with Gasteiger partial charge in [0, 0.05) is 6.42 Å². The average molecular weight is 377 g/mol. The summed E-state index contributed by atoms with van der Waals surface area (Å²) in [6, 6.07) is 6.24. The van der Waals surface area contributed by atoms with Crippen LogP contribution in [-0.2, 0) is 4.79 Å². The lowest BCUT2D eigenvalue weighted by atomic mass is 10.0. The fourth-order valence-electron chi connectivity index (χ4n) is 3.19. The van der Waals surface area contributed by atoms with E-state index >= 15 is 0 Å². The van der Waals surface area contributed by atoms with E-state index in [-0.39, 0.29) is 17.3 Å². The number of unbranched alkanes of at least 4 members (excludes halogenated alkanes) is 12. The second-order valence-corrected chi connectivity index (χ2v) is 7.27. The van der Waals surface area contributed by atoms with Crippen LogP contribution in [0.4, 0.5) is 0 Å². The molecule has 27 heavy (non-hydrogen) atoms. The van der Waals surface area contributed by atoms with Crippen molar-refractivity contribution in [1.82, 2.24) is 0 Å². The average Bonchev–Trinajstić information content (AvgIpc) is 2.65. The molecule has 1 aromatic rings. The summed E-state index contributed by atoms with van der Waals surface area (Å²) in [5.41, 5.74) is 0.0243. The van der Waals surface area contributed by atoms with E-state index in [1.807, 2.05) is 0 Å². The van der Waals surface area contributed by atoms with Crippen molar-refractivity contribution in [3.8, 4) is 5.75 Å². The number of aromatic carboxylic acids is 1. The van der Waals surface area contributed by atoms with E-state index in [4.69, 9.17) is 9.84 Å². The first-order valence-corrected chi connectivity index (χ1v) is 10.7. The number of para-hydroxylation sites is 1. The monoisotopic (exact) mass is 376 g/mol. The molecule has 4 heteroatoms. The molecule has 0 aliphatic heterocycles. The minimum atomic E-state index is -1.08. The number of carboxylic acids is 1. The van der Waals surface area contributed by atoms with Crippen molar-refractivity contribution in [2.24, 2.45) is 0 Å². The van der Waals surface area contributed by atoms with E-state index in [1.54, 1.807) is 12.1 Å². The molecule has 1 rings (SSSR count). The van der Waals surface area contributed by atoms with Gasteiger partial charge in [-0.15, -0.1) is 0 Å². The second-order valence-electron chi connectivity index (χ2n) is 7.27. The summed E-state index contributed by atoms with van der Waals surface area (Å²) >= 11 is 0. The molecule has 152 valence electrons. The Morgan fingerprint density at radius 2 is 1.26 bits per heavy atom. The number of ether oxygens (including phenoxy) is 1. The molecule has 0 saturated carbocycles. The molecule has 4 nitrogen and oxygen atoms in total. The quantitative estimate of drug-likeness (QED) is 0.196. The zero-order chi connectivity index (χ0) is 19.7. The lowest BCUT2D eigenvalue weighted by molar-refractivity contribution is -0.134. The molecule has 0 aliphatic carbocycles. The minimum absolute atomic E-state index is 0.0243. The maximum atomic E-state index is 11.9. The minimum Gasteiger partial charge on any atom is -0.478 e. The summed E-state index contributed by atoms with van der Waals surface area (Å²) in [4.78, 5) is 23.0. The Hall–Kier alpha value is -1.84. The summed E-state index contributed by atoms with van der Waals surface area (Å²) in [7, 11) is 0. The molecular weight excluding hydrogens is 340 g/mol. The molecule has 0 unspecified atom stereocenters. The first-order chi connectivity index (χ1) is 13.1. The Bertz CT molecular complexity index is 539. The van der Waals surface area contributed by atoms with Gasteiger partial charge in [-0.2, -0.15) is 0 Å². The van der Waals surface area contributed by atoms with Crippen LogP contribution < -0.4 is 4.74 Å². The molecule has 0 amide bonds. The number of esters is 1. The molecule has 0 bridgehead atoms. The molecule has 0 heterocycles. The highest BCUT2D eigenvalue weighted by Crippen LogP contribution is 2.19. The maximum Gasteiger partial charge on any atom is 0.339 e. The van der Waals surface area contributed by atoms with Crippen molar-refractivity contribution in [2.45, 2.75) is 96.8 Å². The zero-order valence-electron chi connectivity index (χ0n) is 16.9. The smallest absolute Gasteiger partial charge is 0.339 e. The molecule has 0 aliphatic rings. The van der Waals surface area contributed by atoms with Crippen molar-refractivity contribution in [3.63, 3.8) is 0 Å². The summed E-state index contributed by atoms with van der Waals surface area (Å²) in [5.74, 6) is -1.31. The fraction of sp³-hybridized carbons (Fsp3) is 0.652. The molecule has 0 fully saturated rings. The number of carboxylic acid groups (broad SMARTS) is 1. The van der Waals surface area contributed by atoms with Gasteiger partial charge in [0.15, 0.2) is 0 Å². The van der Waals surface area contributed by atoms with Crippen LogP contribution in [0.5, 0.6) is 5.75 Å². The van der Waals surface area contributed by atoms with Crippen LogP contribution in [0.1, 0.15) is 107 Å². The highest BCUT2D eigenvalue weighted by Gasteiger charge is 2.13. The Balaban J connectivity index is 1.98. The molecule has 0 saturated heterocycles. The predicted octanol–water partition coefficient (Wildman–Crippen LogP) is 6.77. The lowest BCUT2D eigenvalue weighted by Gasteiger charge is -2.07. The first kappa shape index (κ1) is 23.2. The van der Waals surface area contributed by atoms with Crippen LogP contribution in [0.25, 0.3) is 0 Å². The highest BCUT2D eigenvalue weighted by molar-refractivity contribution is 5.91. The van der Waals surface area contributed by atoms with Gasteiger partial charge in [-0.3, -0.25) is 4.79 Å². The van der Waals surface area contributed by atoms with Crippen molar-refractivity contribution >= 4 is 11.9 Å². The Morgan fingerprint density at radius 3 is 1.78 bits per heavy atom. The van der Waals surface area contributed by atoms with Gasteiger partial charge >= 0.3 is 11.9 Å². The number of rotatable bonds is 16. The molecule has 0 aromatic heterocycles. The summed E-state index contributed by atoms with van der Waals surface area (Å²) in [5, 5.41) is 9.09. The summed E-state index contributed by atoms with van der Waals surface area (Å²) < 4.78 is 5.19. The molecule has 1 N–H and O–H groups in total. The highest BCUT2D eigenvalue weighted by atomic mass is 16.5. The number of benzene rings is 1. The van der Waals surface area contributed by atoms with E-state index in [1.165, 1.54) is 76.3 Å².